The Bertz CT molecular complexity index is 1230. The second kappa shape index (κ2) is 8.20. The number of hydrogen-bond acceptors (Lipinski definition) is 5. The average molecular weight is 475 g/mol. The van der Waals surface area contributed by atoms with Crippen molar-refractivity contribution >= 4 is 17.3 Å². The average Bonchev–Trinajstić information content (AvgIpc) is 3.28. The molecular weight excluding hydrogens is 457 g/mol. The number of aromatic hydroxyl groups is 1. The molecule has 2 unspecified atom stereocenters. The molecule has 0 saturated heterocycles. The van der Waals surface area contributed by atoms with E-state index in [0.29, 0.717) is 33.3 Å². The number of hydrogen-bond donors (Lipinski definition) is 3. The van der Waals surface area contributed by atoms with Gasteiger partial charge in [0.15, 0.2) is 11.5 Å². The minimum absolute atomic E-state index is 0.0475. The van der Waals surface area contributed by atoms with Crippen LogP contribution in [0.1, 0.15) is 34.5 Å². The molecule has 0 amide bonds. The number of rotatable bonds is 3. The third kappa shape index (κ3) is 4.31. The molecule has 5 nitrogen and oxygen atoms in total. The molecule has 0 radical (unpaired) electrons. The maximum absolute atomic E-state index is 13.0. The molecule has 3 N–H and O–H groups in total. The molecule has 0 saturated carbocycles. The van der Waals surface area contributed by atoms with Crippen molar-refractivity contribution in [3.8, 4) is 17.2 Å². The van der Waals surface area contributed by atoms with Crippen LogP contribution in [0.2, 0.25) is 5.02 Å². The van der Waals surface area contributed by atoms with Crippen LogP contribution in [0.4, 0.5) is 13.2 Å². The van der Waals surface area contributed by atoms with Crippen LogP contribution in [-0.2, 0) is 6.18 Å². The van der Waals surface area contributed by atoms with E-state index in [1.54, 1.807) is 18.2 Å². The number of phenols is 1. The van der Waals surface area contributed by atoms with Crippen molar-refractivity contribution in [3.05, 3.63) is 94.0 Å². The minimum Gasteiger partial charge on any atom is -0.508 e. The third-order valence-corrected chi connectivity index (χ3v) is 5.79. The first-order valence-electron chi connectivity index (χ1n) is 10.1. The maximum Gasteiger partial charge on any atom is 0.416 e. The Morgan fingerprint density at radius 1 is 0.939 bits per heavy atom. The van der Waals surface area contributed by atoms with Crippen LogP contribution in [0.25, 0.3) is 5.70 Å². The Kier molecular flexibility index (Phi) is 5.34. The number of ether oxygens (including phenoxy) is 2. The maximum atomic E-state index is 13.0. The summed E-state index contributed by atoms with van der Waals surface area (Å²) >= 11 is 6.15. The highest BCUT2D eigenvalue weighted by atomic mass is 35.5. The van der Waals surface area contributed by atoms with Crippen molar-refractivity contribution in [1.82, 2.24) is 10.6 Å². The van der Waals surface area contributed by atoms with Gasteiger partial charge in [0.05, 0.1) is 11.6 Å². The standard InChI is InChI=1S/C24H18ClF3N2O3/c25-16-6-7-20(31)17(10-16)19-11-18(14-3-8-21-22(9-14)33-12-32-21)29-23(30-19)13-1-4-15(5-2-13)24(26,27)28/h1-11,19,23,29-31H,12H2. The van der Waals surface area contributed by atoms with Crippen molar-refractivity contribution in [2.45, 2.75) is 18.4 Å². The summed E-state index contributed by atoms with van der Waals surface area (Å²) in [5, 5.41) is 17.5. The molecule has 0 bridgehead atoms. The van der Waals surface area contributed by atoms with Crippen molar-refractivity contribution in [1.29, 1.82) is 0 Å². The monoisotopic (exact) mass is 474 g/mol. The van der Waals surface area contributed by atoms with E-state index >= 15 is 0 Å². The number of nitrogens with one attached hydrogen (secondary N) is 2. The largest absolute Gasteiger partial charge is 0.508 e. The van der Waals surface area contributed by atoms with Gasteiger partial charge in [0.2, 0.25) is 6.79 Å². The molecule has 2 aliphatic rings. The number of benzene rings is 3. The van der Waals surface area contributed by atoms with E-state index < -0.39 is 23.9 Å². The van der Waals surface area contributed by atoms with E-state index in [9.17, 15) is 18.3 Å². The third-order valence-electron chi connectivity index (χ3n) is 5.56. The fourth-order valence-electron chi connectivity index (χ4n) is 3.88. The first kappa shape index (κ1) is 21.5. The van der Waals surface area contributed by atoms with Crippen molar-refractivity contribution < 1.29 is 27.8 Å². The van der Waals surface area contributed by atoms with Crippen molar-refractivity contribution in [3.63, 3.8) is 0 Å². The van der Waals surface area contributed by atoms with E-state index in [2.05, 4.69) is 10.6 Å². The summed E-state index contributed by atoms with van der Waals surface area (Å²) in [7, 11) is 0. The van der Waals surface area contributed by atoms with Gasteiger partial charge in [-0.3, -0.25) is 5.32 Å². The van der Waals surface area contributed by atoms with Crippen LogP contribution in [0.15, 0.2) is 66.7 Å². The lowest BCUT2D eigenvalue weighted by Crippen LogP contribution is -2.39. The Balaban J connectivity index is 1.54. The normalized spacial score (nSPS) is 19.7. The number of fused-ring (bicyclic) bond motifs is 1. The van der Waals surface area contributed by atoms with Crippen LogP contribution in [0.3, 0.4) is 0 Å². The van der Waals surface area contributed by atoms with Gasteiger partial charge in [0, 0.05) is 21.8 Å². The van der Waals surface area contributed by atoms with Crippen molar-refractivity contribution in [2.24, 2.45) is 0 Å². The van der Waals surface area contributed by atoms with E-state index in [-0.39, 0.29) is 12.5 Å². The molecular formula is C24H18ClF3N2O3. The Hall–Kier alpha value is -3.36. The summed E-state index contributed by atoms with van der Waals surface area (Å²) in [6.07, 6.45) is -3.08. The quantitative estimate of drug-likeness (QED) is 0.450. The first-order chi connectivity index (χ1) is 15.8. The van der Waals surface area contributed by atoms with Gasteiger partial charge in [-0.25, -0.2) is 0 Å². The molecule has 0 aliphatic carbocycles. The summed E-state index contributed by atoms with van der Waals surface area (Å²) < 4.78 is 49.9. The zero-order chi connectivity index (χ0) is 23.2. The lowest BCUT2D eigenvalue weighted by molar-refractivity contribution is -0.137. The van der Waals surface area contributed by atoms with Gasteiger partial charge in [-0.1, -0.05) is 23.7 Å². The van der Waals surface area contributed by atoms with Gasteiger partial charge in [-0.05, 0) is 60.2 Å². The number of phenolic OH excluding ortho intramolecular Hbond substituents is 1. The van der Waals surface area contributed by atoms with Crippen LogP contribution in [0, 0.1) is 0 Å². The molecule has 9 heteroatoms. The summed E-state index contributed by atoms with van der Waals surface area (Å²) in [6, 6.07) is 14.7. The number of halogens is 4. The molecule has 33 heavy (non-hydrogen) atoms. The van der Waals surface area contributed by atoms with E-state index in [4.69, 9.17) is 21.1 Å². The van der Waals surface area contributed by atoms with Crippen LogP contribution in [-0.4, -0.2) is 11.9 Å². The molecule has 2 aliphatic heterocycles. The van der Waals surface area contributed by atoms with Gasteiger partial charge in [0.1, 0.15) is 11.9 Å². The van der Waals surface area contributed by atoms with Gasteiger partial charge < -0.3 is 19.9 Å². The number of alkyl halides is 3. The second-order valence-electron chi connectivity index (χ2n) is 7.69. The molecule has 5 rings (SSSR count). The fraction of sp³-hybridized carbons (Fsp3) is 0.167. The Morgan fingerprint density at radius 3 is 2.45 bits per heavy atom. The predicted octanol–water partition coefficient (Wildman–Crippen LogP) is 5.77. The molecule has 3 aromatic rings. The molecule has 170 valence electrons. The highest BCUT2D eigenvalue weighted by molar-refractivity contribution is 6.30. The van der Waals surface area contributed by atoms with Gasteiger partial charge >= 0.3 is 6.18 Å². The molecule has 0 fully saturated rings. The second-order valence-corrected chi connectivity index (χ2v) is 8.13. The smallest absolute Gasteiger partial charge is 0.416 e. The van der Waals surface area contributed by atoms with Gasteiger partial charge in [-0.15, -0.1) is 0 Å². The first-order valence-corrected chi connectivity index (χ1v) is 10.5. The fourth-order valence-corrected chi connectivity index (χ4v) is 4.06. The summed E-state index contributed by atoms with van der Waals surface area (Å²) in [6.45, 7) is 0.139. The Morgan fingerprint density at radius 2 is 1.70 bits per heavy atom. The topological polar surface area (TPSA) is 62.8 Å². The molecule has 2 atom stereocenters. The van der Waals surface area contributed by atoms with E-state index in [1.807, 2.05) is 18.2 Å². The minimum atomic E-state index is -4.42. The van der Waals surface area contributed by atoms with E-state index in [0.717, 1.165) is 17.7 Å². The summed E-state index contributed by atoms with van der Waals surface area (Å²) in [4.78, 5) is 0. The summed E-state index contributed by atoms with van der Waals surface area (Å²) in [5.74, 6) is 1.28. The molecule has 0 aromatic heterocycles. The lowest BCUT2D eigenvalue weighted by atomic mass is 9.97. The molecule has 2 heterocycles. The molecule has 3 aromatic carbocycles. The molecule has 0 spiro atoms. The Labute approximate surface area is 192 Å². The van der Waals surface area contributed by atoms with Crippen molar-refractivity contribution in [2.75, 3.05) is 6.79 Å². The summed E-state index contributed by atoms with van der Waals surface area (Å²) in [5.41, 5.74) is 1.92. The van der Waals surface area contributed by atoms with Gasteiger partial charge in [-0.2, -0.15) is 13.2 Å². The van der Waals surface area contributed by atoms with Crippen LogP contribution in [0.5, 0.6) is 17.2 Å². The van der Waals surface area contributed by atoms with Crippen LogP contribution >= 0.6 is 11.6 Å². The highest BCUT2D eigenvalue weighted by Crippen LogP contribution is 2.38. The zero-order valence-electron chi connectivity index (χ0n) is 17.0. The SMILES string of the molecule is Oc1ccc(Cl)cc1C1C=C(c2ccc3c(c2)OCO3)NC(c2ccc(C(F)(F)F)cc2)N1. The zero-order valence-corrected chi connectivity index (χ0v) is 17.7. The van der Waals surface area contributed by atoms with Gasteiger partial charge in [0.25, 0.3) is 0 Å². The van der Waals surface area contributed by atoms with E-state index in [1.165, 1.54) is 18.2 Å². The predicted molar refractivity (Wildman–Crippen MR) is 117 cm³/mol. The van der Waals surface area contributed by atoms with Crippen LogP contribution < -0.4 is 20.1 Å². The lowest BCUT2D eigenvalue weighted by Gasteiger charge is -2.33. The highest BCUT2D eigenvalue weighted by Gasteiger charge is 2.31.